The van der Waals surface area contributed by atoms with Crippen molar-refractivity contribution in [1.29, 1.82) is 0 Å². The van der Waals surface area contributed by atoms with E-state index in [1.165, 1.54) is 0 Å². The summed E-state index contributed by atoms with van der Waals surface area (Å²) in [4.78, 5) is 0. The molecule has 0 heterocycles. The van der Waals surface area contributed by atoms with Gasteiger partial charge in [-0.3, -0.25) is 0 Å². The minimum Gasteiger partial charge on any atom is -0.394 e. The SMILES string of the molecule is C[C@@H](O)[C@@H](CO)OCc1ccccc1. The molecule has 0 radical (unpaired) electrons. The van der Waals surface area contributed by atoms with Gasteiger partial charge in [0, 0.05) is 0 Å². The summed E-state index contributed by atoms with van der Waals surface area (Å²) >= 11 is 0. The lowest BCUT2D eigenvalue weighted by atomic mass is 10.2. The second-order valence-corrected chi connectivity index (χ2v) is 3.26. The first-order valence-electron chi connectivity index (χ1n) is 4.68. The zero-order valence-corrected chi connectivity index (χ0v) is 8.26. The third-order valence-electron chi connectivity index (χ3n) is 2.02. The number of aliphatic hydroxyl groups is 2. The third-order valence-corrected chi connectivity index (χ3v) is 2.02. The van der Waals surface area contributed by atoms with Crippen molar-refractivity contribution in [2.75, 3.05) is 6.61 Å². The molecule has 1 aromatic carbocycles. The van der Waals surface area contributed by atoms with E-state index in [4.69, 9.17) is 9.84 Å². The van der Waals surface area contributed by atoms with E-state index in [2.05, 4.69) is 0 Å². The van der Waals surface area contributed by atoms with Gasteiger partial charge < -0.3 is 14.9 Å². The Labute approximate surface area is 84.0 Å². The monoisotopic (exact) mass is 196 g/mol. The van der Waals surface area contributed by atoms with Crippen LogP contribution in [0.1, 0.15) is 12.5 Å². The average molecular weight is 196 g/mol. The van der Waals surface area contributed by atoms with Crippen LogP contribution in [0.2, 0.25) is 0 Å². The van der Waals surface area contributed by atoms with E-state index in [1.54, 1.807) is 6.92 Å². The van der Waals surface area contributed by atoms with Crippen LogP contribution in [0.3, 0.4) is 0 Å². The smallest absolute Gasteiger partial charge is 0.107 e. The van der Waals surface area contributed by atoms with Crippen LogP contribution in [0.4, 0.5) is 0 Å². The number of aliphatic hydroxyl groups excluding tert-OH is 2. The molecule has 0 aromatic heterocycles. The van der Waals surface area contributed by atoms with E-state index in [0.717, 1.165) is 5.56 Å². The zero-order valence-electron chi connectivity index (χ0n) is 8.26. The summed E-state index contributed by atoms with van der Waals surface area (Å²) in [6.07, 6.45) is -1.15. The molecule has 0 spiro atoms. The van der Waals surface area contributed by atoms with Crippen molar-refractivity contribution in [3.8, 4) is 0 Å². The van der Waals surface area contributed by atoms with Crippen LogP contribution in [0.5, 0.6) is 0 Å². The lowest BCUT2D eigenvalue weighted by molar-refractivity contribution is -0.0638. The molecule has 0 unspecified atom stereocenters. The summed E-state index contributed by atoms with van der Waals surface area (Å²) in [5.41, 5.74) is 1.03. The predicted octanol–water partition coefficient (Wildman–Crippen LogP) is 0.945. The lowest BCUT2D eigenvalue weighted by Crippen LogP contribution is -2.29. The van der Waals surface area contributed by atoms with Crippen molar-refractivity contribution in [3.63, 3.8) is 0 Å². The van der Waals surface area contributed by atoms with E-state index >= 15 is 0 Å². The van der Waals surface area contributed by atoms with Crippen molar-refractivity contribution in [2.45, 2.75) is 25.7 Å². The number of hydrogen-bond donors (Lipinski definition) is 2. The zero-order chi connectivity index (χ0) is 10.4. The van der Waals surface area contributed by atoms with Crippen molar-refractivity contribution in [1.82, 2.24) is 0 Å². The molecule has 0 bridgehead atoms. The Kier molecular flexibility index (Phi) is 4.59. The number of rotatable bonds is 5. The first-order valence-corrected chi connectivity index (χ1v) is 4.68. The van der Waals surface area contributed by atoms with Gasteiger partial charge in [-0.2, -0.15) is 0 Å². The van der Waals surface area contributed by atoms with Crippen LogP contribution < -0.4 is 0 Å². The van der Waals surface area contributed by atoms with E-state index in [0.29, 0.717) is 6.61 Å². The second-order valence-electron chi connectivity index (χ2n) is 3.26. The Morgan fingerprint density at radius 1 is 1.29 bits per heavy atom. The van der Waals surface area contributed by atoms with Crippen LogP contribution in [-0.4, -0.2) is 29.0 Å². The molecule has 2 N–H and O–H groups in total. The van der Waals surface area contributed by atoms with Gasteiger partial charge in [0.15, 0.2) is 0 Å². The standard InChI is InChI=1S/C11H16O3/c1-9(13)11(7-12)14-8-10-5-3-2-4-6-10/h2-6,9,11-13H,7-8H2,1H3/t9-,11-/m1/s1. The van der Waals surface area contributed by atoms with Gasteiger partial charge in [-0.15, -0.1) is 0 Å². The van der Waals surface area contributed by atoms with Crippen molar-refractivity contribution >= 4 is 0 Å². The lowest BCUT2D eigenvalue weighted by Gasteiger charge is -2.17. The van der Waals surface area contributed by atoms with Crippen molar-refractivity contribution < 1.29 is 14.9 Å². The van der Waals surface area contributed by atoms with Gasteiger partial charge in [0.2, 0.25) is 0 Å². The molecule has 2 atom stereocenters. The number of benzene rings is 1. The second kappa shape index (κ2) is 5.75. The van der Waals surface area contributed by atoms with E-state index < -0.39 is 12.2 Å². The summed E-state index contributed by atoms with van der Waals surface area (Å²) < 4.78 is 5.34. The molecule has 0 aliphatic heterocycles. The summed E-state index contributed by atoms with van der Waals surface area (Å²) in [6.45, 7) is 1.85. The summed E-state index contributed by atoms with van der Waals surface area (Å²) in [7, 11) is 0. The Morgan fingerprint density at radius 3 is 2.43 bits per heavy atom. The van der Waals surface area contributed by atoms with Gasteiger partial charge >= 0.3 is 0 Å². The first-order chi connectivity index (χ1) is 6.74. The minimum atomic E-state index is -0.649. The molecule has 0 aliphatic carbocycles. The van der Waals surface area contributed by atoms with Gasteiger partial charge in [-0.25, -0.2) is 0 Å². The quantitative estimate of drug-likeness (QED) is 0.737. The van der Waals surface area contributed by atoms with Gasteiger partial charge in [0.1, 0.15) is 6.10 Å². The molecule has 1 rings (SSSR count). The highest BCUT2D eigenvalue weighted by Crippen LogP contribution is 2.05. The van der Waals surface area contributed by atoms with Crippen LogP contribution in [0, 0.1) is 0 Å². The molecule has 0 aliphatic rings. The molecule has 3 nitrogen and oxygen atoms in total. The third kappa shape index (κ3) is 3.46. The average Bonchev–Trinajstić information content (AvgIpc) is 2.20. The molecule has 0 saturated carbocycles. The number of ether oxygens (including phenoxy) is 1. The Balaban J connectivity index is 2.40. The maximum Gasteiger partial charge on any atom is 0.107 e. The summed E-state index contributed by atoms with van der Waals surface area (Å²) in [5.74, 6) is 0. The fourth-order valence-corrected chi connectivity index (χ4v) is 1.12. The van der Waals surface area contributed by atoms with Gasteiger partial charge in [0.05, 0.1) is 19.3 Å². The Bertz CT molecular complexity index is 246. The topological polar surface area (TPSA) is 49.7 Å². The molecule has 0 saturated heterocycles. The van der Waals surface area contributed by atoms with Crippen molar-refractivity contribution in [3.05, 3.63) is 35.9 Å². The highest BCUT2D eigenvalue weighted by atomic mass is 16.5. The maximum atomic E-state index is 9.21. The van der Waals surface area contributed by atoms with Crippen LogP contribution in [-0.2, 0) is 11.3 Å². The predicted molar refractivity (Wildman–Crippen MR) is 53.8 cm³/mol. The van der Waals surface area contributed by atoms with Crippen LogP contribution >= 0.6 is 0 Å². The molecular formula is C11H16O3. The molecule has 1 aromatic rings. The molecule has 14 heavy (non-hydrogen) atoms. The summed E-state index contributed by atoms with van der Waals surface area (Å²) in [5, 5.41) is 18.1. The van der Waals surface area contributed by atoms with Gasteiger partial charge in [-0.05, 0) is 12.5 Å². The van der Waals surface area contributed by atoms with Gasteiger partial charge in [-0.1, -0.05) is 30.3 Å². The highest BCUT2D eigenvalue weighted by molar-refractivity contribution is 5.13. The first kappa shape index (κ1) is 11.2. The molecule has 78 valence electrons. The largest absolute Gasteiger partial charge is 0.394 e. The highest BCUT2D eigenvalue weighted by Gasteiger charge is 2.13. The van der Waals surface area contributed by atoms with Crippen LogP contribution in [0.15, 0.2) is 30.3 Å². The Morgan fingerprint density at radius 2 is 1.93 bits per heavy atom. The molecule has 3 heteroatoms. The summed E-state index contributed by atoms with van der Waals surface area (Å²) in [6, 6.07) is 9.67. The van der Waals surface area contributed by atoms with E-state index in [1.807, 2.05) is 30.3 Å². The minimum absolute atomic E-state index is 0.162. The number of hydrogen-bond acceptors (Lipinski definition) is 3. The maximum absolute atomic E-state index is 9.21. The fourth-order valence-electron chi connectivity index (χ4n) is 1.12. The fraction of sp³-hybridized carbons (Fsp3) is 0.455. The molecule has 0 fully saturated rings. The van der Waals surface area contributed by atoms with E-state index in [-0.39, 0.29) is 6.61 Å². The van der Waals surface area contributed by atoms with E-state index in [9.17, 15) is 5.11 Å². The molecule has 0 amide bonds. The van der Waals surface area contributed by atoms with Gasteiger partial charge in [0.25, 0.3) is 0 Å². The van der Waals surface area contributed by atoms with Crippen LogP contribution in [0.25, 0.3) is 0 Å². The Hall–Kier alpha value is -0.900. The normalized spacial score (nSPS) is 15.1. The molecular weight excluding hydrogens is 180 g/mol. The van der Waals surface area contributed by atoms with Crippen molar-refractivity contribution in [2.24, 2.45) is 0 Å².